The van der Waals surface area contributed by atoms with Crippen LogP contribution in [-0.2, 0) is 19.2 Å². The van der Waals surface area contributed by atoms with E-state index < -0.39 is 23.9 Å². The molecule has 552 valence electrons. The van der Waals surface area contributed by atoms with Gasteiger partial charge in [0.05, 0.1) is 0 Å². The van der Waals surface area contributed by atoms with Gasteiger partial charge in [-0.05, 0) is 98.0 Å². The summed E-state index contributed by atoms with van der Waals surface area (Å²) in [5.74, 6) is -2.18. The summed E-state index contributed by atoms with van der Waals surface area (Å²) < 4.78 is 0. The van der Waals surface area contributed by atoms with Crippen LogP contribution in [0, 0.1) is 23.7 Å². The second-order valence-corrected chi connectivity index (χ2v) is 29.4. The topological polar surface area (TPSA) is 161 Å². The van der Waals surface area contributed by atoms with Crippen LogP contribution < -0.4 is 20.4 Å². The van der Waals surface area contributed by atoms with Crippen molar-refractivity contribution in [3.05, 3.63) is 0 Å². The zero-order valence-electron chi connectivity index (χ0n) is 61.9. The molecule has 0 aromatic heterocycles. The van der Waals surface area contributed by atoms with Crippen LogP contribution in [0.5, 0.6) is 0 Å². The molecule has 0 aromatic rings. The summed E-state index contributed by atoms with van der Waals surface area (Å²) in [5, 5.41) is 43.6. The predicted molar refractivity (Wildman–Crippen MR) is 413 cm³/mol. The van der Waals surface area contributed by atoms with Crippen LogP contribution in [0.1, 0.15) is 439 Å². The molecular formula is C80H156O8S4Sn. The van der Waals surface area contributed by atoms with E-state index in [0.717, 1.165) is 77.0 Å². The fraction of sp³-hybridized carbons (Fsp3) is 0.950. The Bertz CT molecular complexity index is 1240. The first-order valence-corrected chi connectivity index (χ1v) is 42.7. The van der Waals surface area contributed by atoms with Gasteiger partial charge in [0.15, 0.2) is 0 Å². The molecule has 0 heterocycles. The standard InChI is InChI=1S/4C20H40O2S.Sn/c4*1-2-3-4-5-6-7-8-9-10-11-12-13-14-15-16-19(17-18-23)20(21)22;/h4*19,23H,2-18H2,1H3,(H,21,22);/q;;;;+4/p-4. The van der Waals surface area contributed by atoms with Crippen molar-refractivity contribution >= 4 is 98.3 Å². The first kappa shape index (κ1) is 102. The third-order valence-electron chi connectivity index (χ3n) is 18.9. The number of carbonyl (C=O) groups excluding carboxylic acids is 4. The average molecular weight is 1490 g/mol. The molecule has 0 aromatic carbocycles. The number of carboxylic acid groups (broad SMARTS) is 4. The van der Waals surface area contributed by atoms with E-state index in [9.17, 15) is 39.6 Å². The van der Waals surface area contributed by atoms with Gasteiger partial charge >= 0.3 is 23.9 Å². The van der Waals surface area contributed by atoms with E-state index in [-0.39, 0.29) is 47.6 Å². The SMILES string of the molecule is CCCCCCCCCCCCCCCCC(CCS)C(=O)[O-].CCCCCCCCCCCCCCCCC(CCS)C(=O)[O-].CCCCCCCCCCCCCCCCC(CCS)C(=O)[O-].CCCCCCCCCCCCCCCCC(CCS)C(=O)[O-].[Sn+4]. The van der Waals surface area contributed by atoms with Crippen molar-refractivity contribution < 1.29 is 39.6 Å². The molecule has 0 N–H and O–H groups in total. The van der Waals surface area contributed by atoms with Crippen molar-refractivity contribution in [3.8, 4) is 0 Å². The molecule has 8 nitrogen and oxygen atoms in total. The van der Waals surface area contributed by atoms with Crippen molar-refractivity contribution in [2.75, 3.05) is 23.0 Å². The van der Waals surface area contributed by atoms with Crippen molar-refractivity contribution in [1.29, 1.82) is 0 Å². The number of thiol groups is 4. The third kappa shape index (κ3) is 88.1. The maximum atomic E-state index is 10.9. The van der Waals surface area contributed by atoms with Crippen molar-refractivity contribution in [2.45, 2.75) is 439 Å². The van der Waals surface area contributed by atoms with Crippen LogP contribution in [0.4, 0.5) is 0 Å². The van der Waals surface area contributed by atoms with Gasteiger partial charge in [0.1, 0.15) is 0 Å². The molecule has 13 heteroatoms. The Balaban J connectivity index is -0.000000369. The Morgan fingerprint density at radius 2 is 0.290 bits per heavy atom. The summed E-state index contributed by atoms with van der Waals surface area (Å²) >= 11 is 16.4. The van der Waals surface area contributed by atoms with Crippen molar-refractivity contribution in [2.24, 2.45) is 23.7 Å². The molecule has 0 bridgehead atoms. The summed E-state index contributed by atoms with van der Waals surface area (Å²) in [6.07, 6.45) is 80.3. The Kier molecular flexibility index (Phi) is 98.5. The minimum absolute atomic E-state index is 0. The smallest absolute Gasteiger partial charge is 0.550 e. The van der Waals surface area contributed by atoms with E-state index in [1.54, 1.807) is 0 Å². The Hall–Kier alpha value is 0.0787. The number of hydrogen-bond acceptors (Lipinski definition) is 12. The van der Waals surface area contributed by atoms with Gasteiger partial charge in [-0.15, -0.1) is 0 Å². The molecule has 0 radical (unpaired) electrons. The fourth-order valence-corrected chi connectivity index (χ4v) is 13.7. The minimum Gasteiger partial charge on any atom is -0.550 e. The molecular weight excluding hydrogens is 1340 g/mol. The number of carboxylic acids is 4. The first-order chi connectivity index (χ1) is 44.9. The fourth-order valence-electron chi connectivity index (χ4n) is 12.5. The third-order valence-corrected chi connectivity index (χ3v) is 19.9. The molecule has 4 atom stereocenters. The van der Waals surface area contributed by atoms with E-state index >= 15 is 0 Å². The summed E-state index contributed by atoms with van der Waals surface area (Å²) in [7, 11) is 0. The molecule has 4 unspecified atom stereocenters. The number of aliphatic carboxylic acids is 4. The average Bonchev–Trinajstić information content (AvgIpc) is 3.66. The van der Waals surface area contributed by atoms with Gasteiger partial charge in [0.25, 0.3) is 0 Å². The summed E-state index contributed by atoms with van der Waals surface area (Å²) in [4.78, 5) is 43.6. The summed E-state index contributed by atoms with van der Waals surface area (Å²) in [6, 6.07) is 0. The maximum Gasteiger partial charge on any atom is 4.00 e. The van der Waals surface area contributed by atoms with Crippen LogP contribution in [0.3, 0.4) is 0 Å². The quantitative estimate of drug-likeness (QED) is 0.0266. The van der Waals surface area contributed by atoms with E-state index in [4.69, 9.17) is 0 Å². The predicted octanol–water partition coefficient (Wildman–Crippen LogP) is 21.8. The first-order valence-electron chi connectivity index (χ1n) is 40.1. The molecule has 0 aliphatic rings. The number of carbonyl (C=O) groups is 4. The van der Waals surface area contributed by atoms with Crippen molar-refractivity contribution in [1.82, 2.24) is 0 Å². The molecule has 0 saturated heterocycles. The van der Waals surface area contributed by atoms with Gasteiger partial charge in [-0.3, -0.25) is 0 Å². The van der Waals surface area contributed by atoms with Gasteiger partial charge < -0.3 is 39.6 Å². The van der Waals surface area contributed by atoms with Crippen LogP contribution in [-0.4, -0.2) is 70.8 Å². The maximum absolute atomic E-state index is 10.9. The number of rotatable bonds is 72. The molecule has 0 amide bonds. The van der Waals surface area contributed by atoms with Gasteiger partial charge in [0, 0.05) is 23.9 Å². The zero-order valence-corrected chi connectivity index (χ0v) is 68.4. The molecule has 0 aliphatic heterocycles. The summed E-state index contributed by atoms with van der Waals surface area (Å²) in [6.45, 7) is 9.07. The molecule has 0 fully saturated rings. The van der Waals surface area contributed by atoms with Crippen molar-refractivity contribution in [3.63, 3.8) is 0 Å². The minimum atomic E-state index is -0.895. The molecule has 0 aliphatic carbocycles. The van der Waals surface area contributed by atoms with Gasteiger partial charge in [0.2, 0.25) is 0 Å². The Morgan fingerprint density at radius 1 is 0.194 bits per heavy atom. The molecule has 0 saturated carbocycles. The monoisotopic (exact) mass is 1490 g/mol. The second kappa shape index (κ2) is 90.1. The zero-order chi connectivity index (χ0) is 68.7. The number of unbranched alkanes of at least 4 members (excludes halogenated alkanes) is 52. The van der Waals surface area contributed by atoms with E-state index in [1.807, 2.05) is 0 Å². The van der Waals surface area contributed by atoms with Crippen LogP contribution in [0.25, 0.3) is 0 Å². The Labute approximate surface area is 618 Å². The molecule has 0 spiro atoms. The van der Waals surface area contributed by atoms with Crippen LogP contribution >= 0.6 is 50.5 Å². The van der Waals surface area contributed by atoms with Gasteiger partial charge in [-0.1, -0.05) is 387 Å². The van der Waals surface area contributed by atoms with Gasteiger partial charge in [-0.25, -0.2) is 0 Å². The second-order valence-electron chi connectivity index (χ2n) is 27.7. The molecule has 0 rings (SSSR count). The van der Waals surface area contributed by atoms with E-state index in [2.05, 4.69) is 78.2 Å². The van der Waals surface area contributed by atoms with Crippen LogP contribution in [0.15, 0.2) is 0 Å². The molecule has 93 heavy (non-hydrogen) atoms. The van der Waals surface area contributed by atoms with E-state index in [0.29, 0.717) is 48.7 Å². The summed E-state index contributed by atoms with van der Waals surface area (Å²) in [5.41, 5.74) is 0. The largest absolute Gasteiger partial charge is 4.00 e. The van der Waals surface area contributed by atoms with E-state index in [1.165, 1.54) is 308 Å². The normalized spacial score (nSPS) is 12.3. The van der Waals surface area contributed by atoms with Gasteiger partial charge in [-0.2, -0.15) is 50.5 Å². The Morgan fingerprint density at radius 3 is 0.376 bits per heavy atom. The number of hydrogen-bond donors (Lipinski definition) is 4. The van der Waals surface area contributed by atoms with Crippen LogP contribution in [0.2, 0.25) is 0 Å².